The van der Waals surface area contributed by atoms with Crippen LogP contribution in [0.4, 0.5) is 15.9 Å². The molecule has 2 fully saturated rings. The van der Waals surface area contributed by atoms with Crippen molar-refractivity contribution < 1.29 is 9.18 Å². The fraction of sp³-hybridized carbons (Fsp3) is 0.333. The summed E-state index contributed by atoms with van der Waals surface area (Å²) in [5.74, 6) is 0.0849. The number of halogens is 1. The number of aryl methyl sites for hydroxylation is 1. The lowest BCUT2D eigenvalue weighted by atomic mass is 10.2. The van der Waals surface area contributed by atoms with Gasteiger partial charge in [0.1, 0.15) is 21.6 Å². The topological polar surface area (TPSA) is 61.2 Å². The number of hydrogen-bond acceptors (Lipinski definition) is 7. The Hall–Kier alpha value is -3.24. The largest absolute Gasteiger partial charge is 0.366 e. The second-order valence-corrected chi connectivity index (χ2v) is 11.0. The van der Waals surface area contributed by atoms with Gasteiger partial charge in [-0.25, -0.2) is 9.37 Å². The van der Waals surface area contributed by atoms with Gasteiger partial charge in [-0.1, -0.05) is 49.1 Å². The van der Waals surface area contributed by atoms with Gasteiger partial charge in [-0.05, 0) is 50.1 Å². The van der Waals surface area contributed by atoms with E-state index in [0.717, 1.165) is 12.0 Å². The summed E-state index contributed by atoms with van der Waals surface area (Å²) in [6, 6.07) is 10.5. The molecule has 2 aliphatic rings. The predicted octanol–water partition coefficient (Wildman–Crippen LogP) is 4.47. The molecule has 1 amide bonds. The molecule has 3 aromatic rings. The van der Waals surface area contributed by atoms with Crippen LogP contribution in [0.25, 0.3) is 11.7 Å². The van der Waals surface area contributed by atoms with Gasteiger partial charge >= 0.3 is 0 Å². The summed E-state index contributed by atoms with van der Waals surface area (Å²) in [5, 5.41) is 0. The molecule has 4 heterocycles. The van der Waals surface area contributed by atoms with Crippen LogP contribution in [0.1, 0.15) is 31.4 Å². The molecule has 0 aliphatic carbocycles. The number of nitrogens with zero attached hydrogens (tertiary/aromatic N) is 5. The second-order valence-electron chi connectivity index (χ2n) is 9.32. The van der Waals surface area contributed by atoms with Gasteiger partial charge in [-0.15, -0.1) is 0 Å². The Morgan fingerprint density at radius 1 is 1.11 bits per heavy atom. The Labute approximate surface area is 224 Å². The highest BCUT2D eigenvalue weighted by Crippen LogP contribution is 2.35. The lowest BCUT2D eigenvalue weighted by molar-refractivity contribution is -0.123. The van der Waals surface area contributed by atoms with Crippen molar-refractivity contribution in [1.82, 2.24) is 14.3 Å². The third kappa shape index (κ3) is 4.75. The van der Waals surface area contributed by atoms with Gasteiger partial charge in [0.25, 0.3) is 11.5 Å². The number of benzene rings is 1. The Bertz CT molecular complexity index is 1480. The average Bonchev–Trinajstić information content (AvgIpc) is 3.18. The summed E-state index contributed by atoms with van der Waals surface area (Å²) in [7, 11) is 0. The zero-order chi connectivity index (χ0) is 26.3. The smallest absolute Gasteiger partial charge is 0.267 e. The summed E-state index contributed by atoms with van der Waals surface area (Å²) in [6.07, 6.45) is 4.17. The van der Waals surface area contributed by atoms with E-state index in [9.17, 15) is 14.0 Å². The van der Waals surface area contributed by atoms with E-state index in [0.29, 0.717) is 58.1 Å². The zero-order valence-corrected chi connectivity index (χ0v) is 22.6. The van der Waals surface area contributed by atoms with E-state index in [4.69, 9.17) is 17.2 Å². The fourth-order valence-corrected chi connectivity index (χ4v) is 6.10. The van der Waals surface area contributed by atoms with Crippen LogP contribution in [-0.2, 0) is 4.79 Å². The molecule has 1 atom stereocenters. The first-order valence-electron chi connectivity index (χ1n) is 12.3. The minimum atomic E-state index is -0.252. The minimum absolute atomic E-state index is 0.0252. The quantitative estimate of drug-likeness (QED) is 0.352. The van der Waals surface area contributed by atoms with E-state index in [1.54, 1.807) is 29.3 Å². The zero-order valence-electron chi connectivity index (χ0n) is 21.0. The monoisotopic (exact) mass is 537 g/mol. The molecule has 0 radical (unpaired) electrons. The number of aromatic nitrogens is 2. The molecule has 5 rings (SSSR count). The van der Waals surface area contributed by atoms with Crippen LogP contribution >= 0.6 is 24.0 Å². The van der Waals surface area contributed by atoms with Crippen LogP contribution in [0.15, 0.2) is 52.3 Å². The third-order valence-corrected chi connectivity index (χ3v) is 8.22. The highest BCUT2D eigenvalue weighted by atomic mass is 32.2. The average molecular weight is 538 g/mol. The summed E-state index contributed by atoms with van der Waals surface area (Å²) in [5.41, 5.74) is 2.14. The number of piperazine rings is 1. The van der Waals surface area contributed by atoms with Gasteiger partial charge in [0.05, 0.1) is 16.2 Å². The number of fused-ring (bicyclic) bond motifs is 1. The minimum Gasteiger partial charge on any atom is -0.366 e. The van der Waals surface area contributed by atoms with Crippen molar-refractivity contribution in [2.24, 2.45) is 0 Å². The third-order valence-electron chi connectivity index (χ3n) is 6.89. The predicted molar refractivity (Wildman–Crippen MR) is 152 cm³/mol. The van der Waals surface area contributed by atoms with Crippen LogP contribution in [0, 0.1) is 12.7 Å². The van der Waals surface area contributed by atoms with E-state index >= 15 is 0 Å². The molecule has 10 heteroatoms. The van der Waals surface area contributed by atoms with Crippen LogP contribution in [0.5, 0.6) is 0 Å². The van der Waals surface area contributed by atoms with Crippen molar-refractivity contribution in [2.75, 3.05) is 36.0 Å². The Morgan fingerprint density at radius 3 is 2.51 bits per heavy atom. The summed E-state index contributed by atoms with van der Waals surface area (Å²) < 4.78 is 16.4. The van der Waals surface area contributed by atoms with Crippen molar-refractivity contribution in [3.63, 3.8) is 0 Å². The van der Waals surface area contributed by atoms with E-state index in [1.807, 2.05) is 48.8 Å². The maximum atomic E-state index is 14.4. The van der Waals surface area contributed by atoms with Crippen LogP contribution < -0.4 is 15.4 Å². The lowest BCUT2D eigenvalue weighted by Gasteiger charge is -2.37. The maximum absolute atomic E-state index is 14.4. The number of anilines is 2. The van der Waals surface area contributed by atoms with E-state index < -0.39 is 0 Å². The van der Waals surface area contributed by atoms with E-state index in [-0.39, 0.29) is 23.3 Å². The SMILES string of the molecule is CC[C@H](C)N1C(=O)/C(=C/c2c(N3CCN(c4ccccc4F)CC3)nc3ccc(C)cn3c2=O)SC1=S. The van der Waals surface area contributed by atoms with Crippen LogP contribution in [-0.4, -0.2) is 56.7 Å². The Morgan fingerprint density at radius 2 is 1.81 bits per heavy atom. The van der Waals surface area contributed by atoms with Gasteiger partial charge in [0, 0.05) is 38.4 Å². The molecule has 1 aromatic carbocycles. The first kappa shape index (κ1) is 25.4. The van der Waals surface area contributed by atoms with Gasteiger partial charge < -0.3 is 9.80 Å². The van der Waals surface area contributed by atoms with Crippen LogP contribution in [0.3, 0.4) is 0 Å². The molecule has 0 bridgehead atoms. The molecular weight excluding hydrogens is 509 g/mol. The van der Waals surface area contributed by atoms with Gasteiger partial charge in [0.15, 0.2) is 0 Å². The lowest BCUT2D eigenvalue weighted by Crippen LogP contribution is -2.47. The number of carbonyl (C=O) groups excluding carboxylic acids is 1. The molecule has 0 spiro atoms. The van der Waals surface area contributed by atoms with Crippen molar-refractivity contribution in [2.45, 2.75) is 33.2 Å². The molecule has 2 aliphatic heterocycles. The molecular formula is C27H28FN5O2S2. The molecule has 2 saturated heterocycles. The highest BCUT2D eigenvalue weighted by molar-refractivity contribution is 8.26. The number of hydrogen-bond donors (Lipinski definition) is 0. The maximum Gasteiger partial charge on any atom is 0.267 e. The molecule has 0 saturated carbocycles. The number of carbonyl (C=O) groups is 1. The highest BCUT2D eigenvalue weighted by Gasteiger charge is 2.35. The van der Waals surface area contributed by atoms with Crippen LogP contribution in [0.2, 0.25) is 0 Å². The summed E-state index contributed by atoms with van der Waals surface area (Å²) >= 11 is 6.71. The van der Waals surface area contributed by atoms with Gasteiger partial charge in [0.2, 0.25) is 0 Å². The van der Waals surface area contributed by atoms with E-state index in [2.05, 4.69) is 0 Å². The Balaban J connectivity index is 1.55. The number of thiocarbonyl (C=S) groups is 1. The number of pyridine rings is 1. The number of rotatable bonds is 5. The van der Waals surface area contributed by atoms with Gasteiger partial charge in [-0.3, -0.25) is 18.9 Å². The molecule has 192 valence electrons. The molecule has 7 nitrogen and oxygen atoms in total. The fourth-order valence-electron chi connectivity index (χ4n) is 4.66. The summed E-state index contributed by atoms with van der Waals surface area (Å²) in [4.78, 5) is 37.9. The van der Waals surface area contributed by atoms with Crippen molar-refractivity contribution in [3.8, 4) is 0 Å². The van der Waals surface area contributed by atoms with E-state index in [1.165, 1.54) is 22.2 Å². The molecule has 0 N–H and O–H groups in total. The molecule has 2 aromatic heterocycles. The van der Waals surface area contributed by atoms with Crippen molar-refractivity contribution in [1.29, 1.82) is 0 Å². The van der Waals surface area contributed by atoms with Gasteiger partial charge in [-0.2, -0.15) is 0 Å². The summed E-state index contributed by atoms with van der Waals surface area (Å²) in [6.45, 7) is 8.14. The number of thioether (sulfide) groups is 1. The second kappa shape index (κ2) is 10.3. The normalized spacial score (nSPS) is 18.4. The van der Waals surface area contributed by atoms with Crippen molar-refractivity contribution >= 4 is 57.4 Å². The number of amides is 1. The first-order valence-corrected chi connectivity index (χ1v) is 13.6. The molecule has 37 heavy (non-hydrogen) atoms. The standard InChI is InChI=1S/C27H28FN5O2S2/c1-4-18(3)33-26(35)22(37-27(33)36)15-19-24(29-23-10-9-17(2)16-32(23)25(19)34)31-13-11-30(12-14-31)21-8-6-5-7-20(21)28/h5-10,15-16,18H,4,11-14H2,1-3H3/b22-15-/t18-/m0/s1. The van der Waals surface area contributed by atoms with Crippen molar-refractivity contribution in [3.05, 3.63) is 74.8 Å². The number of para-hydroxylation sites is 1. The molecule has 0 unspecified atom stereocenters. The first-order chi connectivity index (χ1) is 17.8. The Kier molecular flexibility index (Phi) is 7.04.